The van der Waals surface area contributed by atoms with Crippen LogP contribution in [0.15, 0.2) is 78.9 Å². The molecule has 5 saturated heterocycles. The van der Waals surface area contributed by atoms with Crippen molar-refractivity contribution in [3.63, 3.8) is 0 Å². The Labute approximate surface area is 571 Å². The Hall–Kier alpha value is -4.06. The van der Waals surface area contributed by atoms with Crippen molar-refractivity contribution in [2.24, 2.45) is 16.7 Å². The maximum absolute atomic E-state index is 14.0. The molecule has 0 aromatic heterocycles. The van der Waals surface area contributed by atoms with Gasteiger partial charge in [0.1, 0.15) is 90.1 Å². The van der Waals surface area contributed by atoms with Gasteiger partial charge in [0.25, 0.3) is 0 Å². The molecule has 548 valence electrons. The summed E-state index contributed by atoms with van der Waals surface area (Å²) in [5.41, 5.74) is -9.97. The highest BCUT2D eigenvalue weighted by Gasteiger charge is 2.82. The zero-order valence-electron chi connectivity index (χ0n) is 57.5. The minimum Gasteiger partial charge on any atom is -0.458 e. The van der Waals surface area contributed by atoms with Crippen molar-refractivity contribution in [3.8, 4) is 0 Å². The zero-order valence-corrected chi connectivity index (χ0v) is 57.5. The normalized spacial score (nSPS) is 47.5. The van der Waals surface area contributed by atoms with Crippen molar-refractivity contribution in [3.05, 3.63) is 90.0 Å². The molecule has 2 aromatic carbocycles. The summed E-state index contributed by atoms with van der Waals surface area (Å²) >= 11 is 0. The van der Waals surface area contributed by atoms with E-state index >= 15 is 0 Å². The Kier molecular flexibility index (Phi) is 23.0. The Balaban J connectivity index is 0.706. The summed E-state index contributed by atoms with van der Waals surface area (Å²) in [6, 6.07) is 17.5. The lowest BCUT2D eigenvalue weighted by Gasteiger charge is -2.68. The molecule has 0 radical (unpaired) electrons. The van der Waals surface area contributed by atoms with Crippen molar-refractivity contribution in [1.82, 2.24) is 0 Å². The highest BCUT2D eigenvalue weighted by molar-refractivity contribution is 5.89. The highest BCUT2D eigenvalue weighted by Crippen LogP contribution is 2.72. The van der Waals surface area contributed by atoms with Crippen molar-refractivity contribution in [2.45, 2.75) is 282 Å². The van der Waals surface area contributed by atoms with Crippen molar-refractivity contribution in [2.75, 3.05) is 35.0 Å². The number of rotatable bonds is 21. The maximum Gasteiger partial charge on any atom is 0.338 e. The van der Waals surface area contributed by atoms with Gasteiger partial charge in [-0.2, -0.15) is 0 Å². The Morgan fingerprint density at radius 2 is 1.12 bits per heavy atom. The summed E-state index contributed by atoms with van der Waals surface area (Å²) in [4.78, 5) is 27.6. The number of aliphatic hydroxyl groups excluding tert-OH is 5. The van der Waals surface area contributed by atoms with Gasteiger partial charge in [-0.25, -0.2) is 9.59 Å². The minimum atomic E-state index is -2.19. The van der Waals surface area contributed by atoms with Gasteiger partial charge in [0.15, 0.2) is 31.5 Å². The highest BCUT2D eigenvalue weighted by atomic mass is 16.8. The van der Waals surface area contributed by atoms with Crippen LogP contribution in [0.3, 0.4) is 0 Å². The van der Waals surface area contributed by atoms with Crippen LogP contribution in [0, 0.1) is 16.7 Å². The largest absolute Gasteiger partial charge is 0.458 e. The third-order valence-electron chi connectivity index (χ3n) is 23.4. The molecule has 8 fully saturated rings. The molecule has 9 N–H and O–H groups in total. The predicted molar refractivity (Wildman–Crippen MR) is 342 cm³/mol. The third kappa shape index (κ3) is 13.7. The van der Waals surface area contributed by atoms with Gasteiger partial charge in [0, 0.05) is 71.5 Å². The predicted octanol–water partition coefficient (Wildman–Crippen LogP) is 2.66. The molecule has 32 atom stereocenters. The van der Waals surface area contributed by atoms with Crippen LogP contribution in [0.2, 0.25) is 0 Å². The molecule has 9 aliphatic rings. The lowest BCUT2D eigenvalue weighted by molar-refractivity contribution is -0.374. The van der Waals surface area contributed by atoms with E-state index in [1.807, 2.05) is 51.1 Å². The van der Waals surface area contributed by atoms with Crippen LogP contribution >= 0.6 is 0 Å². The van der Waals surface area contributed by atoms with E-state index in [0.717, 1.165) is 5.56 Å². The third-order valence-corrected chi connectivity index (χ3v) is 23.4. The first-order valence-corrected chi connectivity index (χ1v) is 34.3. The number of esters is 2. The monoisotopic (exact) mass is 1390 g/mol. The molecule has 1 unspecified atom stereocenters. The molecule has 2 aromatic rings. The van der Waals surface area contributed by atoms with Gasteiger partial charge in [0.2, 0.25) is 0 Å². The Morgan fingerprint density at radius 3 is 1.68 bits per heavy atom. The van der Waals surface area contributed by atoms with Crippen LogP contribution in [0.4, 0.5) is 0 Å². The standard InChI is InChI=1S/C71H102O27/c1-36-58(95-52-31-45(84-9)59(37(2)88-52)96-53-32-46(85-10)60(38(3)89-53)97-65-57(77)62(86-11)61(39(4)90-65)98-64-56(76)55(75)54(74)47(35-72)93-64)44(83-8)30-51(87-36)92-43-24-25-66(6)48-33-49(94-50(73)23-22-41-18-14-12-15-19-41)67(7)69(80,40(5)91-63(78)42-20-16-13-17-21-42)28-29-71(67,82)70(48,81)27-26-68(66,79)34-43/h12-23,26-27,36-40,43-49,51-62,64-65,72,74-77,79-82H,24-25,28-35H2,1-11H3/b23-22+/t36-,37-,38-,39-,40?,43+,44+,45+,46-,47-,48-,49-,51+,52+,53+,54-,55+,56-,57-,58-,59-,60-,61-,62+,64+,65+,66-,67-,68-,69-,70+,71-/m1/s1. The summed E-state index contributed by atoms with van der Waals surface area (Å²) < 4.78 is 99.8. The number of benzene rings is 2. The molecule has 27 nitrogen and oxygen atoms in total. The van der Waals surface area contributed by atoms with Crippen LogP contribution in [-0.4, -0.2) is 269 Å². The minimum absolute atomic E-state index is 0.0712. The van der Waals surface area contributed by atoms with E-state index in [1.165, 1.54) is 33.3 Å². The van der Waals surface area contributed by atoms with E-state index in [-0.39, 0.29) is 56.9 Å². The number of aliphatic hydroxyl groups is 9. The van der Waals surface area contributed by atoms with Gasteiger partial charge < -0.3 is 122 Å². The number of carbonyl (C=O) groups excluding carboxylic acids is 2. The fourth-order valence-electron chi connectivity index (χ4n) is 17.6. The van der Waals surface area contributed by atoms with Crippen LogP contribution in [0.5, 0.6) is 0 Å². The molecule has 3 saturated carbocycles. The molecule has 27 heteroatoms. The van der Waals surface area contributed by atoms with Crippen molar-refractivity contribution < 1.29 is 131 Å². The lowest BCUT2D eigenvalue weighted by atomic mass is 9.41. The zero-order chi connectivity index (χ0) is 70.6. The second-order valence-electron chi connectivity index (χ2n) is 28.7. The molecule has 0 amide bonds. The number of hydrogen-bond donors (Lipinski definition) is 9. The van der Waals surface area contributed by atoms with Crippen molar-refractivity contribution in [1.29, 1.82) is 0 Å². The van der Waals surface area contributed by atoms with Gasteiger partial charge in [-0.15, -0.1) is 0 Å². The SMILES string of the molecule is CO[C@H]1[C@@H](O)[C@H](O[C@@H]2[C@@H](C)O[C@@H](O[C@H]3[C@@H](OC)C[C@H](O[C@H]4[C@@H](OC)C[C@H](O[C@H]5CC[C@]6(C)[C@H]7C[C@@H](OC(=O)/C=C/c8ccccc8)[C@@]8(C)[C@](O)(CC[C@@]8(O)C(C)OC(=O)c8ccccc8)[C@]7(O)C=C[C@@]6(O)C5)O[C@@H]4C)O[C@@H]3C)C[C@H]2OC)O[C@H](C)[C@H]1O[C@@H]1O[C@H](CO)[C@@H](O)[C@H](O)[C@H]1O. The van der Waals surface area contributed by atoms with Crippen LogP contribution in [-0.2, 0) is 80.6 Å². The van der Waals surface area contributed by atoms with Gasteiger partial charge >= 0.3 is 11.9 Å². The van der Waals surface area contributed by atoms with Crippen LogP contribution in [0.25, 0.3) is 6.08 Å². The smallest absolute Gasteiger partial charge is 0.338 e. The molecule has 98 heavy (non-hydrogen) atoms. The molecule has 4 aliphatic carbocycles. The van der Waals surface area contributed by atoms with Crippen LogP contribution in [0.1, 0.15) is 122 Å². The topological polar surface area (TPSA) is 364 Å². The molecule has 0 spiro atoms. The van der Waals surface area contributed by atoms with E-state index in [4.69, 9.17) is 75.8 Å². The van der Waals surface area contributed by atoms with E-state index < -0.39 is 211 Å². The summed E-state index contributed by atoms with van der Waals surface area (Å²) in [5.74, 6) is -2.40. The number of hydrogen-bond acceptors (Lipinski definition) is 27. The number of fused-ring (bicyclic) bond motifs is 5. The Morgan fingerprint density at radius 1 is 0.592 bits per heavy atom. The number of carbonyl (C=O) groups is 2. The van der Waals surface area contributed by atoms with Gasteiger partial charge in [-0.05, 0) is 90.5 Å². The maximum atomic E-state index is 14.0. The average molecular weight is 1390 g/mol. The van der Waals surface area contributed by atoms with Crippen LogP contribution < -0.4 is 0 Å². The Bertz CT molecular complexity index is 3060. The quantitative estimate of drug-likeness (QED) is 0.0493. The number of methoxy groups -OCH3 is 4. The fraction of sp³-hybridized carbons (Fsp3) is 0.746. The summed E-state index contributed by atoms with van der Waals surface area (Å²) in [6.45, 7) is 11.5. The molecule has 11 rings (SSSR count). The molecular formula is C71H102O27. The first-order valence-electron chi connectivity index (χ1n) is 34.3. The number of ether oxygens (including phenoxy) is 16. The second-order valence-corrected chi connectivity index (χ2v) is 28.7. The van der Waals surface area contributed by atoms with Gasteiger partial charge in [-0.1, -0.05) is 74.5 Å². The average Bonchev–Trinajstić information content (AvgIpc) is 1.35. The van der Waals surface area contributed by atoms with E-state index in [2.05, 4.69) is 0 Å². The molecule has 0 bridgehead atoms. The molecule has 5 heterocycles. The van der Waals surface area contributed by atoms with Crippen molar-refractivity contribution >= 4 is 18.0 Å². The lowest BCUT2D eigenvalue weighted by Crippen LogP contribution is -2.80. The van der Waals surface area contributed by atoms with Gasteiger partial charge in [0.05, 0.1) is 72.0 Å². The summed E-state index contributed by atoms with van der Waals surface area (Å²) in [7, 11) is 6.03. The summed E-state index contributed by atoms with van der Waals surface area (Å²) in [6.07, 6.45) is -17.6. The second kappa shape index (κ2) is 30.0. The van der Waals surface area contributed by atoms with E-state index in [9.17, 15) is 55.5 Å². The fourth-order valence-corrected chi connectivity index (χ4v) is 17.6. The van der Waals surface area contributed by atoms with E-state index in [1.54, 1.807) is 77.5 Å². The van der Waals surface area contributed by atoms with Gasteiger partial charge in [-0.3, -0.25) is 0 Å². The van der Waals surface area contributed by atoms with E-state index in [0.29, 0.717) is 6.42 Å². The first-order chi connectivity index (χ1) is 46.5. The first kappa shape index (κ1) is 75.1. The molecular weight excluding hydrogens is 1280 g/mol. The molecule has 5 aliphatic heterocycles. The summed E-state index contributed by atoms with van der Waals surface area (Å²) in [5, 5.41) is 106.